The van der Waals surface area contributed by atoms with E-state index in [1.165, 1.54) is 12.3 Å². The van der Waals surface area contributed by atoms with Crippen molar-refractivity contribution in [3.63, 3.8) is 0 Å². The summed E-state index contributed by atoms with van der Waals surface area (Å²) in [5, 5.41) is 0.911. The highest BCUT2D eigenvalue weighted by Crippen LogP contribution is 2.24. The minimum Gasteiger partial charge on any atom is -0.322 e. The molecule has 1 aromatic carbocycles. The molecule has 2 rings (SSSR count). The number of nitrogens with two attached hydrogens (primary N) is 1. The fraction of sp³-hybridized carbons (Fsp3) is 0.154. The van der Waals surface area contributed by atoms with Gasteiger partial charge in [-0.25, -0.2) is 4.39 Å². The van der Waals surface area contributed by atoms with E-state index in [9.17, 15) is 4.39 Å². The molecule has 1 atom stereocenters. The van der Waals surface area contributed by atoms with E-state index in [4.69, 9.17) is 28.9 Å². The van der Waals surface area contributed by atoms with Crippen molar-refractivity contribution in [2.45, 2.75) is 12.5 Å². The van der Waals surface area contributed by atoms with Gasteiger partial charge in [0, 0.05) is 16.8 Å². The van der Waals surface area contributed by atoms with Gasteiger partial charge in [0.15, 0.2) is 0 Å². The third-order valence-electron chi connectivity index (χ3n) is 2.62. The van der Waals surface area contributed by atoms with Gasteiger partial charge >= 0.3 is 0 Å². The second-order valence-corrected chi connectivity index (χ2v) is 4.76. The van der Waals surface area contributed by atoms with E-state index in [0.717, 1.165) is 0 Å². The lowest BCUT2D eigenvalue weighted by Gasteiger charge is -2.13. The summed E-state index contributed by atoms with van der Waals surface area (Å²) in [4.78, 5) is 4.11. The number of nitrogens with zero attached hydrogens (tertiary/aromatic N) is 1. The van der Waals surface area contributed by atoms with Gasteiger partial charge < -0.3 is 5.73 Å². The van der Waals surface area contributed by atoms with Crippen LogP contribution in [0, 0.1) is 5.82 Å². The molecule has 1 unspecified atom stereocenters. The van der Waals surface area contributed by atoms with Crippen LogP contribution in [0.2, 0.25) is 10.0 Å². The van der Waals surface area contributed by atoms with Crippen molar-refractivity contribution in [3.8, 4) is 0 Å². The number of aromatic nitrogens is 1. The van der Waals surface area contributed by atoms with E-state index < -0.39 is 6.04 Å². The molecule has 2 N–H and O–H groups in total. The molecule has 0 aliphatic heterocycles. The number of hydrogen-bond acceptors (Lipinski definition) is 2. The zero-order chi connectivity index (χ0) is 13.1. The average molecular weight is 285 g/mol. The molecule has 2 aromatic rings. The Labute approximate surface area is 115 Å². The van der Waals surface area contributed by atoms with Crippen LogP contribution in [0.15, 0.2) is 36.5 Å². The molecule has 18 heavy (non-hydrogen) atoms. The first-order valence-corrected chi connectivity index (χ1v) is 6.13. The van der Waals surface area contributed by atoms with Crippen LogP contribution in [0.3, 0.4) is 0 Å². The number of pyridine rings is 1. The molecule has 0 radical (unpaired) electrons. The molecule has 1 aromatic heterocycles. The molecule has 0 bridgehead atoms. The quantitative estimate of drug-likeness (QED) is 0.932. The van der Waals surface area contributed by atoms with Crippen LogP contribution < -0.4 is 5.73 Å². The zero-order valence-electron chi connectivity index (χ0n) is 9.41. The van der Waals surface area contributed by atoms with Crippen molar-refractivity contribution >= 4 is 23.2 Å². The molecule has 0 spiro atoms. The summed E-state index contributed by atoms with van der Waals surface area (Å²) in [6.45, 7) is 0. The Balaban J connectivity index is 2.21. The normalized spacial score (nSPS) is 12.4. The molecule has 2 nitrogen and oxygen atoms in total. The van der Waals surface area contributed by atoms with Crippen molar-refractivity contribution < 1.29 is 4.39 Å². The van der Waals surface area contributed by atoms with Crippen LogP contribution in [0.5, 0.6) is 0 Å². The van der Waals surface area contributed by atoms with Gasteiger partial charge in [0.25, 0.3) is 0 Å². The predicted octanol–water partition coefficient (Wildman–Crippen LogP) is 3.77. The van der Waals surface area contributed by atoms with Gasteiger partial charge in [-0.1, -0.05) is 29.3 Å². The van der Waals surface area contributed by atoms with Gasteiger partial charge in [-0.3, -0.25) is 4.98 Å². The Hall–Kier alpha value is -1.16. The first-order valence-electron chi connectivity index (χ1n) is 5.38. The van der Waals surface area contributed by atoms with Crippen molar-refractivity contribution in [1.29, 1.82) is 0 Å². The van der Waals surface area contributed by atoms with E-state index in [1.54, 1.807) is 24.3 Å². The number of benzene rings is 1. The second-order valence-electron chi connectivity index (χ2n) is 3.91. The summed E-state index contributed by atoms with van der Waals surface area (Å²) in [7, 11) is 0. The Bertz CT molecular complexity index is 523. The maximum atomic E-state index is 13.6. The highest BCUT2D eigenvalue weighted by Gasteiger charge is 2.14. The molecular formula is C13H11Cl2FN2. The molecule has 1 heterocycles. The summed E-state index contributed by atoms with van der Waals surface area (Å²) < 4.78 is 13.6. The predicted molar refractivity (Wildman–Crippen MR) is 71.3 cm³/mol. The third-order valence-corrected chi connectivity index (χ3v) is 3.19. The highest BCUT2D eigenvalue weighted by molar-refractivity contribution is 6.31. The molecule has 0 aliphatic rings. The minimum atomic E-state index is -0.420. The molecular weight excluding hydrogens is 274 g/mol. The van der Waals surface area contributed by atoms with Gasteiger partial charge in [-0.05, 0) is 30.7 Å². The van der Waals surface area contributed by atoms with Crippen LogP contribution >= 0.6 is 23.2 Å². The Kier molecular flexibility index (Phi) is 4.17. The SMILES string of the molecule is NC(Cc1c(F)cccc1Cl)c1ccc(Cl)cn1. The van der Waals surface area contributed by atoms with Gasteiger partial charge in [-0.15, -0.1) is 0 Å². The Morgan fingerprint density at radius 1 is 1.22 bits per heavy atom. The fourth-order valence-electron chi connectivity index (χ4n) is 1.66. The summed E-state index contributed by atoms with van der Waals surface area (Å²) in [6.07, 6.45) is 1.81. The lowest BCUT2D eigenvalue weighted by molar-refractivity contribution is 0.590. The number of hydrogen-bond donors (Lipinski definition) is 1. The van der Waals surface area contributed by atoms with Crippen molar-refractivity contribution in [2.24, 2.45) is 5.73 Å². The molecule has 0 saturated carbocycles. The zero-order valence-corrected chi connectivity index (χ0v) is 10.9. The Morgan fingerprint density at radius 3 is 2.61 bits per heavy atom. The van der Waals surface area contributed by atoms with Crippen molar-refractivity contribution in [3.05, 3.63) is 63.6 Å². The average Bonchev–Trinajstić information content (AvgIpc) is 2.34. The maximum Gasteiger partial charge on any atom is 0.127 e. The van der Waals surface area contributed by atoms with E-state index in [1.807, 2.05) is 0 Å². The summed E-state index contributed by atoms with van der Waals surface area (Å²) in [6, 6.07) is 7.57. The molecule has 0 aliphatic carbocycles. The summed E-state index contributed by atoms with van der Waals surface area (Å²) >= 11 is 11.7. The smallest absolute Gasteiger partial charge is 0.127 e. The number of halogens is 3. The molecule has 0 saturated heterocycles. The third kappa shape index (κ3) is 2.99. The first-order chi connectivity index (χ1) is 8.58. The summed E-state index contributed by atoms with van der Waals surface area (Å²) in [5.41, 5.74) is 7.04. The minimum absolute atomic E-state index is 0.292. The van der Waals surface area contributed by atoms with Crippen molar-refractivity contribution in [2.75, 3.05) is 0 Å². The van der Waals surface area contributed by atoms with Crippen LogP contribution in [0.25, 0.3) is 0 Å². The molecule has 94 valence electrons. The standard InChI is InChI=1S/C13H11Cl2FN2/c14-8-4-5-13(18-7-8)12(17)6-9-10(15)2-1-3-11(9)16/h1-5,7,12H,6,17H2. The Morgan fingerprint density at radius 2 is 2.00 bits per heavy atom. The largest absolute Gasteiger partial charge is 0.322 e. The van der Waals surface area contributed by atoms with E-state index in [2.05, 4.69) is 4.98 Å². The van der Waals surface area contributed by atoms with Gasteiger partial charge in [0.05, 0.1) is 16.8 Å². The van der Waals surface area contributed by atoms with Crippen LogP contribution in [0.1, 0.15) is 17.3 Å². The maximum absolute atomic E-state index is 13.6. The highest BCUT2D eigenvalue weighted by atomic mass is 35.5. The molecule has 5 heteroatoms. The van der Waals surface area contributed by atoms with E-state index in [-0.39, 0.29) is 5.82 Å². The van der Waals surface area contributed by atoms with Crippen LogP contribution in [-0.2, 0) is 6.42 Å². The topological polar surface area (TPSA) is 38.9 Å². The summed E-state index contributed by atoms with van der Waals surface area (Å²) in [5.74, 6) is -0.355. The van der Waals surface area contributed by atoms with Crippen LogP contribution in [0.4, 0.5) is 4.39 Å². The van der Waals surface area contributed by atoms with E-state index in [0.29, 0.717) is 27.7 Å². The number of rotatable bonds is 3. The van der Waals surface area contributed by atoms with Crippen molar-refractivity contribution in [1.82, 2.24) is 4.98 Å². The van der Waals surface area contributed by atoms with Gasteiger partial charge in [-0.2, -0.15) is 0 Å². The monoisotopic (exact) mass is 284 g/mol. The lowest BCUT2D eigenvalue weighted by atomic mass is 10.0. The first kappa shape index (κ1) is 13.3. The lowest BCUT2D eigenvalue weighted by Crippen LogP contribution is -2.15. The van der Waals surface area contributed by atoms with E-state index >= 15 is 0 Å². The van der Waals surface area contributed by atoms with Gasteiger partial charge in [0.2, 0.25) is 0 Å². The molecule has 0 fully saturated rings. The van der Waals surface area contributed by atoms with Crippen LogP contribution in [-0.4, -0.2) is 4.98 Å². The van der Waals surface area contributed by atoms with Gasteiger partial charge in [0.1, 0.15) is 5.82 Å². The fourth-order valence-corrected chi connectivity index (χ4v) is 2.01. The molecule has 0 amide bonds. The second kappa shape index (κ2) is 5.65.